The van der Waals surface area contributed by atoms with Crippen LogP contribution in [0.25, 0.3) is 0 Å². The molecule has 1 aromatic rings. The van der Waals surface area contributed by atoms with Crippen molar-refractivity contribution >= 4 is 21.8 Å². The second-order valence-corrected chi connectivity index (χ2v) is 2.69. The zero-order valence-electron chi connectivity index (χ0n) is 5.13. The van der Waals surface area contributed by atoms with Crippen molar-refractivity contribution in [2.45, 2.75) is 0 Å². The quantitative estimate of drug-likeness (QED) is 0.527. The van der Waals surface area contributed by atoms with Gasteiger partial charge in [-0.05, 0) is 28.1 Å². The number of nitrogens with zero attached hydrogens (tertiary/aromatic N) is 1. The van der Waals surface area contributed by atoms with Crippen molar-refractivity contribution in [3.63, 3.8) is 0 Å². The van der Waals surface area contributed by atoms with Crippen LogP contribution in [0.3, 0.4) is 0 Å². The van der Waals surface area contributed by atoms with Crippen LogP contribution >= 0.6 is 15.9 Å². The van der Waals surface area contributed by atoms with E-state index in [0.717, 1.165) is 4.47 Å². The fourth-order valence-electron chi connectivity index (χ4n) is 0.535. The summed E-state index contributed by atoms with van der Waals surface area (Å²) in [7, 11) is 0. The molecule has 3 nitrogen and oxygen atoms in total. The van der Waals surface area contributed by atoms with Crippen LogP contribution in [-0.4, -0.2) is 10.8 Å². The first-order valence-corrected chi connectivity index (χ1v) is 3.45. The second-order valence-electron chi connectivity index (χ2n) is 1.78. The Morgan fingerprint density at radius 2 is 2.30 bits per heavy atom. The molecule has 0 aromatic carbocycles. The van der Waals surface area contributed by atoms with Crippen LogP contribution in [0, 0.1) is 5.41 Å². The molecule has 1 aromatic heterocycles. The van der Waals surface area contributed by atoms with Gasteiger partial charge in [-0.2, -0.15) is 0 Å². The van der Waals surface area contributed by atoms with Crippen LogP contribution in [-0.2, 0) is 0 Å². The highest BCUT2D eigenvalue weighted by molar-refractivity contribution is 9.10. The Morgan fingerprint density at radius 1 is 1.60 bits per heavy atom. The summed E-state index contributed by atoms with van der Waals surface area (Å²) in [5, 5.41) is 7.01. The van der Waals surface area contributed by atoms with Gasteiger partial charge in [0.1, 0.15) is 11.5 Å². The van der Waals surface area contributed by atoms with E-state index in [4.69, 9.17) is 11.1 Å². The molecule has 0 saturated carbocycles. The fourth-order valence-corrected chi connectivity index (χ4v) is 0.770. The van der Waals surface area contributed by atoms with Gasteiger partial charge >= 0.3 is 0 Å². The number of amidine groups is 1. The van der Waals surface area contributed by atoms with Gasteiger partial charge in [0, 0.05) is 10.7 Å². The van der Waals surface area contributed by atoms with Crippen LogP contribution < -0.4 is 5.73 Å². The molecule has 4 heteroatoms. The zero-order valence-corrected chi connectivity index (χ0v) is 6.72. The van der Waals surface area contributed by atoms with Gasteiger partial charge in [-0.25, -0.2) is 0 Å². The molecule has 0 aliphatic heterocycles. The first-order chi connectivity index (χ1) is 4.70. The Hall–Kier alpha value is -0.900. The molecular weight excluding hydrogens is 194 g/mol. The average Bonchev–Trinajstić information content (AvgIpc) is 1.88. The molecule has 0 aliphatic carbocycles. The third-order valence-corrected chi connectivity index (χ3v) is 1.47. The monoisotopic (exact) mass is 199 g/mol. The van der Waals surface area contributed by atoms with Crippen LogP contribution in [0.2, 0.25) is 0 Å². The highest BCUT2D eigenvalue weighted by Gasteiger charge is 1.94. The Labute approximate surface area is 66.9 Å². The number of pyridine rings is 1. The number of nitrogens with one attached hydrogen (secondary N) is 1. The number of nitrogens with two attached hydrogens (primary N) is 1. The summed E-state index contributed by atoms with van der Waals surface area (Å²) in [6, 6.07) is 3.48. The lowest BCUT2D eigenvalue weighted by atomic mass is 10.3. The van der Waals surface area contributed by atoms with E-state index in [1.807, 2.05) is 0 Å². The summed E-state index contributed by atoms with van der Waals surface area (Å²) in [6.45, 7) is 0. The normalized spacial score (nSPS) is 9.30. The van der Waals surface area contributed by atoms with E-state index in [-0.39, 0.29) is 5.84 Å². The molecule has 0 atom stereocenters. The largest absolute Gasteiger partial charge is 0.382 e. The number of halogens is 1. The van der Waals surface area contributed by atoms with E-state index in [1.54, 1.807) is 18.3 Å². The molecule has 0 amide bonds. The summed E-state index contributed by atoms with van der Waals surface area (Å²) in [5.74, 6) is -0.00694. The minimum absolute atomic E-state index is 0.00694. The van der Waals surface area contributed by atoms with Gasteiger partial charge in [-0.3, -0.25) is 10.4 Å². The molecule has 0 fully saturated rings. The van der Waals surface area contributed by atoms with Crippen molar-refractivity contribution in [1.29, 1.82) is 5.41 Å². The van der Waals surface area contributed by atoms with Crippen LogP contribution in [0.5, 0.6) is 0 Å². The lowest BCUT2D eigenvalue weighted by molar-refractivity contribution is 1.24. The SMILES string of the molecule is N=C(N)c1ccc(Br)cn1. The number of rotatable bonds is 1. The lowest BCUT2D eigenvalue weighted by Crippen LogP contribution is -2.12. The van der Waals surface area contributed by atoms with E-state index in [1.165, 1.54) is 0 Å². The maximum Gasteiger partial charge on any atom is 0.141 e. The molecule has 0 radical (unpaired) electrons. The molecule has 0 saturated heterocycles. The molecule has 0 unspecified atom stereocenters. The number of nitrogen functional groups attached to an aromatic ring is 1. The van der Waals surface area contributed by atoms with Gasteiger partial charge in [0.05, 0.1) is 0 Å². The summed E-state index contributed by atoms with van der Waals surface area (Å²) in [5.41, 5.74) is 5.67. The van der Waals surface area contributed by atoms with Gasteiger partial charge < -0.3 is 5.73 Å². The minimum atomic E-state index is -0.00694. The summed E-state index contributed by atoms with van der Waals surface area (Å²) in [4.78, 5) is 3.88. The van der Waals surface area contributed by atoms with Gasteiger partial charge in [0.2, 0.25) is 0 Å². The molecule has 0 aliphatic rings. The van der Waals surface area contributed by atoms with Crippen LogP contribution in [0.4, 0.5) is 0 Å². The van der Waals surface area contributed by atoms with Crippen molar-refractivity contribution in [2.24, 2.45) is 5.73 Å². The third-order valence-electron chi connectivity index (χ3n) is 1.00. The average molecular weight is 200 g/mol. The van der Waals surface area contributed by atoms with Gasteiger partial charge in [0.25, 0.3) is 0 Å². The standard InChI is InChI=1S/C6H6BrN3/c7-4-1-2-5(6(8)9)10-3-4/h1-3H,(H3,8,9). The maximum atomic E-state index is 7.01. The molecule has 0 spiro atoms. The van der Waals surface area contributed by atoms with Crippen molar-refractivity contribution in [1.82, 2.24) is 4.98 Å². The predicted octanol–water partition coefficient (Wildman–Crippen LogP) is 1.13. The van der Waals surface area contributed by atoms with Crippen molar-refractivity contribution in [3.8, 4) is 0 Å². The topological polar surface area (TPSA) is 62.8 Å². The molecular formula is C6H6BrN3. The van der Waals surface area contributed by atoms with E-state index < -0.39 is 0 Å². The van der Waals surface area contributed by atoms with Gasteiger partial charge in [0.15, 0.2) is 0 Å². The van der Waals surface area contributed by atoms with Crippen molar-refractivity contribution < 1.29 is 0 Å². The fraction of sp³-hybridized carbons (Fsp3) is 0. The Morgan fingerprint density at radius 3 is 2.70 bits per heavy atom. The molecule has 1 heterocycles. The van der Waals surface area contributed by atoms with Crippen molar-refractivity contribution in [2.75, 3.05) is 0 Å². The van der Waals surface area contributed by atoms with Crippen LogP contribution in [0.15, 0.2) is 22.8 Å². The van der Waals surface area contributed by atoms with E-state index in [2.05, 4.69) is 20.9 Å². The van der Waals surface area contributed by atoms with Gasteiger partial charge in [-0.1, -0.05) is 0 Å². The molecule has 3 N–H and O–H groups in total. The predicted molar refractivity (Wildman–Crippen MR) is 43.0 cm³/mol. The smallest absolute Gasteiger partial charge is 0.141 e. The molecule has 10 heavy (non-hydrogen) atoms. The summed E-state index contributed by atoms with van der Waals surface area (Å²) >= 11 is 3.22. The highest BCUT2D eigenvalue weighted by Crippen LogP contribution is 2.06. The zero-order chi connectivity index (χ0) is 7.56. The Balaban J connectivity index is 3.00. The van der Waals surface area contributed by atoms with E-state index in [0.29, 0.717) is 5.69 Å². The van der Waals surface area contributed by atoms with Crippen molar-refractivity contribution in [3.05, 3.63) is 28.5 Å². The van der Waals surface area contributed by atoms with Crippen LogP contribution in [0.1, 0.15) is 5.69 Å². The van der Waals surface area contributed by atoms with Gasteiger partial charge in [-0.15, -0.1) is 0 Å². The number of hydrogen-bond acceptors (Lipinski definition) is 2. The third kappa shape index (κ3) is 1.54. The van der Waals surface area contributed by atoms with E-state index in [9.17, 15) is 0 Å². The second kappa shape index (κ2) is 2.79. The molecule has 52 valence electrons. The summed E-state index contributed by atoms with van der Waals surface area (Å²) < 4.78 is 0.887. The minimum Gasteiger partial charge on any atom is -0.382 e. The van der Waals surface area contributed by atoms with E-state index >= 15 is 0 Å². The number of aromatic nitrogens is 1. The molecule has 1 rings (SSSR count). The molecule has 0 bridgehead atoms. The first kappa shape index (κ1) is 7.21. The Kier molecular flexibility index (Phi) is 2.01. The lowest BCUT2D eigenvalue weighted by Gasteiger charge is -1.94. The highest BCUT2D eigenvalue weighted by atomic mass is 79.9. The number of hydrogen-bond donors (Lipinski definition) is 2. The summed E-state index contributed by atoms with van der Waals surface area (Å²) in [6.07, 6.45) is 1.61. The first-order valence-electron chi connectivity index (χ1n) is 2.66. The maximum absolute atomic E-state index is 7.01. The Bertz CT molecular complexity index is 242.